The molecule has 5 rings (SSSR count). The van der Waals surface area contributed by atoms with E-state index in [4.69, 9.17) is 14.2 Å². The van der Waals surface area contributed by atoms with Crippen molar-refractivity contribution in [3.63, 3.8) is 0 Å². The average molecular weight is 515 g/mol. The maximum absolute atomic E-state index is 10.5. The molecule has 2 atom stereocenters. The first kappa shape index (κ1) is 24.7. The van der Waals surface area contributed by atoms with Crippen molar-refractivity contribution < 1.29 is 39.7 Å². The van der Waals surface area contributed by atoms with Crippen LogP contribution in [0.1, 0.15) is 39.8 Å². The van der Waals surface area contributed by atoms with E-state index in [1.807, 2.05) is 12.2 Å². The average Bonchev–Trinajstić information content (AvgIpc) is 3.27. The van der Waals surface area contributed by atoms with Crippen molar-refractivity contribution in [3.8, 4) is 46.0 Å². The Hall–Kier alpha value is -4.98. The van der Waals surface area contributed by atoms with Gasteiger partial charge in [0.2, 0.25) is 0 Å². The van der Waals surface area contributed by atoms with Gasteiger partial charge in [0, 0.05) is 17.7 Å². The zero-order chi connectivity index (χ0) is 27.0. The third-order valence-electron chi connectivity index (χ3n) is 6.50. The summed E-state index contributed by atoms with van der Waals surface area (Å²) in [6.07, 6.45) is 2.98. The number of hydrogen-bond acceptors (Lipinski definition) is 8. The van der Waals surface area contributed by atoms with E-state index in [0.29, 0.717) is 28.2 Å². The molecule has 0 fully saturated rings. The van der Waals surface area contributed by atoms with Gasteiger partial charge < -0.3 is 39.7 Å². The fraction of sp³-hybridized carbons (Fsp3) is 0.133. The molecule has 8 nitrogen and oxygen atoms in total. The molecule has 1 aliphatic rings. The molecule has 0 aromatic heterocycles. The van der Waals surface area contributed by atoms with Crippen LogP contribution in [-0.2, 0) is 0 Å². The van der Waals surface area contributed by atoms with Crippen molar-refractivity contribution in [1.29, 1.82) is 0 Å². The first-order valence-electron chi connectivity index (χ1n) is 11.8. The zero-order valence-corrected chi connectivity index (χ0v) is 20.6. The van der Waals surface area contributed by atoms with Crippen molar-refractivity contribution in [2.45, 2.75) is 12.0 Å². The first-order chi connectivity index (χ1) is 18.3. The van der Waals surface area contributed by atoms with Crippen LogP contribution in [0.2, 0.25) is 0 Å². The van der Waals surface area contributed by atoms with Crippen molar-refractivity contribution in [2.75, 3.05) is 14.2 Å². The van der Waals surface area contributed by atoms with E-state index < -0.39 is 12.0 Å². The Kier molecular flexibility index (Phi) is 6.38. The summed E-state index contributed by atoms with van der Waals surface area (Å²) in [6.45, 7) is 0. The van der Waals surface area contributed by atoms with Gasteiger partial charge in [-0.15, -0.1) is 0 Å². The Bertz CT molecular complexity index is 1520. The van der Waals surface area contributed by atoms with E-state index in [1.54, 1.807) is 42.5 Å². The van der Waals surface area contributed by atoms with Gasteiger partial charge in [0.15, 0.2) is 23.0 Å². The summed E-state index contributed by atoms with van der Waals surface area (Å²) >= 11 is 0. The summed E-state index contributed by atoms with van der Waals surface area (Å²) in [5.74, 6) is 0.286. The lowest BCUT2D eigenvalue weighted by Gasteiger charge is -2.22. The normalized spacial score (nSPS) is 16.3. The molecular formula is C30H26O8. The molecule has 0 radical (unpaired) electrons. The molecule has 4 aromatic carbocycles. The number of methoxy groups -OCH3 is 2. The Labute approximate surface area is 218 Å². The summed E-state index contributed by atoms with van der Waals surface area (Å²) in [5.41, 5.74) is 3.40. The number of aromatic hydroxyl groups is 5. The van der Waals surface area contributed by atoms with Gasteiger partial charge in [0.1, 0.15) is 29.1 Å². The van der Waals surface area contributed by atoms with Crippen molar-refractivity contribution in [1.82, 2.24) is 0 Å². The predicted octanol–water partition coefficient (Wildman–Crippen LogP) is 5.67. The summed E-state index contributed by atoms with van der Waals surface area (Å²) in [7, 11) is 2.92. The molecule has 4 aromatic rings. The number of fused-ring (bicyclic) bond motifs is 1. The second-order valence-electron chi connectivity index (χ2n) is 8.94. The van der Waals surface area contributed by atoms with E-state index in [9.17, 15) is 25.5 Å². The molecule has 8 heteroatoms. The molecule has 194 valence electrons. The number of hydrogen-bond donors (Lipinski definition) is 5. The Morgan fingerprint density at radius 3 is 1.97 bits per heavy atom. The Morgan fingerprint density at radius 2 is 1.29 bits per heavy atom. The van der Waals surface area contributed by atoms with E-state index in [0.717, 1.165) is 11.1 Å². The van der Waals surface area contributed by atoms with Crippen LogP contribution in [0.3, 0.4) is 0 Å². The maximum atomic E-state index is 10.5. The van der Waals surface area contributed by atoms with Crippen LogP contribution in [0, 0.1) is 0 Å². The fourth-order valence-electron chi connectivity index (χ4n) is 4.81. The lowest BCUT2D eigenvalue weighted by atomic mass is 9.82. The zero-order valence-electron chi connectivity index (χ0n) is 20.6. The number of phenolic OH excluding ortho intramolecular Hbond substituents is 5. The van der Waals surface area contributed by atoms with Gasteiger partial charge >= 0.3 is 0 Å². The highest BCUT2D eigenvalue weighted by molar-refractivity contribution is 5.76. The van der Waals surface area contributed by atoms with E-state index in [-0.39, 0.29) is 34.5 Å². The minimum Gasteiger partial charge on any atom is -0.508 e. The van der Waals surface area contributed by atoms with Crippen molar-refractivity contribution >= 4 is 12.2 Å². The molecule has 0 saturated heterocycles. The second kappa shape index (κ2) is 9.82. The summed E-state index contributed by atoms with van der Waals surface area (Å²) in [6, 6.07) is 17.3. The Balaban J connectivity index is 1.67. The topological polar surface area (TPSA) is 129 Å². The summed E-state index contributed by atoms with van der Waals surface area (Å²) in [5, 5.41) is 51.1. The van der Waals surface area contributed by atoms with E-state index in [2.05, 4.69) is 0 Å². The van der Waals surface area contributed by atoms with Crippen LogP contribution in [0.15, 0.2) is 66.7 Å². The molecule has 1 aliphatic heterocycles. The highest BCUT2D eigenvalue weighted by Gasteiger charge is 2.39. The minimum atomic E-state index is -0.636. The molecule has 0 amide bonds. The molecule has 1 heterocycles. The van der Waals surface area contributed by atoms with E-state index in [1.165, 1.54) is 38.5 Å². The van der Waals surface area contributed by atoms with Crippen LogP contribution >= 0.6 is 0 Å². The van der Waals surface area contributed by atoms with Gasteiger partial charge in [-0.25, -0.2) is 0 Å². The second-order valence-corrected chi connectivity index (χ2v) is 8.94. The van der Waals surface area contributed by atoms with Gasteiger partial charge in [0.25, 0.3) is 0 Å². The number of phenols is 5. The van der Waals surface area contributed by atoms with Crippen molar-refractivity contribution in [3.05, 3.63) is 94.5 Å². The van der Waals surface area contributed by atoms with Gasteiger partial charge in [0.05, 0.1) is 20.1 Å². The summed E-state index contributed by atoms with van der Waals surface area (Å²) in [4.78, 5) is 0. The molecular weight excluding hydrogens is 488 g/mol. The molecule has 0 aliphatic carbocycles. The highest BCUT2D eigenvalue weighted by atomic mass is 16.5. The molecule has 0 bridgehead atoms. The quantitative estimate of drug-likeness (QED) is 0.208. The van der Waals surface area contributed by atoms with Crippen molar-refractivity contribution in [2.24, 2.45) is 0 Å². The van der Waals surface area contributed by atoms with Gasteiger partial charge in [-0.3, -0.25) is 0 Å². The minimum absolute atomic E-state index is 0.00636. The smallest absolute Gasteiger partial charge is 0.161 e. The third-order valence-corrected chi connectivity index (χ3v) is 6.50. The maximum Gasteiger partial charge on any atom is 0.161 e. The van der Waals surface area contributed by atoms with Crippen LogP contribution < -0.4 is 14.2 Å². The van der Waals surface area contributed by atoms with Crippen LogP contribution in [-0.4, -0.2) is 39.8 Å². The monoisotopic (exact) mass is 514 g/mol. The molecule has 0 spiro atoms. The SMILES string of the molecule is COc1cc(/C=C/c2cc(O)cc3c2[C@@H](c2cc(O)cc(O)c2)[C@H](c2ccc(O)c(OC)c2)O3)ccc1O. The van der Waals surface area contributed by atoms with Gasteiger partial charge in [-0.1, -0.05) is 24.3 Å². The standard InChI is InChI=1S/C30H26O8/c1-36-25-9-16(4-7-23(25)34)3-5-17-10-22(33)15-27-28(17)29(19-11-20(31)14-21(32)12-19)30(38-27)18-6-8-24(35)26(13-18)37-2/h3-15,29-35H,1-2H3/b5-3+/t29-,30+/m1/s1. The van der Waals surface area contributed by atoms with Gasteiger partial charge in [-0.2, -0.15) is 0 Å². The summed E-state index contributed by atoms with van der Waals surface area (Å²) < 4.78 is 16.9. The fourth-order valence-corrected chi connectivity index (χ4v) is 4.81. The molecule has 0 saturated carbocycles. The van der Waals surface area contributed by atoms with Gasteiger partial charge in [-0.05, 0) is 64.7 Å². The largest absolute Gasteiger partial charge is 0.508 e. The van der Waals surface area contributed by atoms with Crippen LogP contribution in [0.4, 0.5) is 0 Å². The van der Waals surface area contributed by atoms with Crippen LogP contribution in [0.25, 0.3) is 12.2 Å². The lowest BCUT2D eigenvalue weighted by Crippen LogP contribution is -2.12. The highest BCUT2D eigenvalue weighted by Crippen LogP contribution is 2.53. The molecule has 5 N–H and O–H groups in total. The Morgan fingerprint density at radius 1 is 0.658 bits per heavy atom. The third kappa shape index (κ3) is 4.59. The lowest BCUT2D eigenvalue weighted by molar-refractivity contribution is 0.221. The van der Waals surface area contributed by atoms with Crippen LogP contribution in [0.5, 0.6) is 46.0 Å². The number of benzene rings is 4. The molecule has 0 unspecified atom stereocenters. The molecule has 38 heavy (non-hydrogen) atoms. The number of rotatable bonds is 6. The number of ether oxygens (including phenoxy) is 3. The van der Waals surface area contributed by atoms with E-state index >= 15 is 0 Å². The first-order valence-corrected chi connectivity index (χ1v) is 11.8. The predicted molar refractivity (Wildman–Crippen MR) is 141 cm³/mol.